The number of hydrogen-bond acceptors (Lipinski definition) is 2. The average molecular weight is 331 g/mol. The molecule has 2 aromatic rings. The summed E-state index contributed by atoms with van der Waals surface area (Å²) in [5, 5.41) is 5.73. The third-order valence-electron chi connectivity index (χ3n) is 3.47. The Hall–Kier alpha value is -2.33. The highest BCUT2D eigenvalue weighted by molar-refractivity contribution is 6.43. The molecule has 120 valence electrons. The van der Waals surface area contributed by atoms with Crippen LogP contribution in [0.3, 0.4) is 0 Å². The zero-order chi connectivity index (χ0) is 17.0. The van der Waals surface area contributed by atoms with E-state index >= 15 is 0 Å². The molecule has 0 aliphatic carbocycles. The van der Waals surface area contributed by atoms with Crippen molar-refractivity contribution in [1.82, 2.24) is 0 Å². The van der Waals surface area contributed by atoms with Crippen LogP contribution in [0, 0.1) is 6.92 Å². The minimum atomic E-state index is -0.733. The summed E-state index contributed by atoms with van der Waals surface area (Å²) in [5.74, 6) is -1.20. The summed E-state index contributed by atoms with van der Waals surface area (Å²) in [5.41, 5.74) is 3.01. The Bertz CT molecular complexity index is 742. The van der Waals surface area contributed by atoms with E-state index in [1.807, 2.05) is 39.0 Å². The van der Waals surface area contributed by atoms with E-state index in [1.54, 1.807) is 24.3 Å². The van der Waals surface area contributed by atoms with Gasteiger partial charge in [0, 0.05) is 16.4 Å². The van der Waals surface area contributed by atoms with Crippen LogP contribution in [0.15, 0.2) is 42.5 Å². The lowest BCUT2D eigenvalue weighted by Gasteiger charge is -2.13. The molecule has 0 spiro atoms. The molecule has 2 rings (SSSR count). The zero-order valence-corrected chi connectivity index (χ0v) is 14.1. The van der Waals surface area contributed by atoms with Gasteiger partial charge in [0.2, 0.25) is 0 Å². The molecular weight excluding hydrogens is 312 g/mol. The van der Waals surface area contributed by atoms with E-state index in [0.29, 0.717) is 16.4 Å². The van der Waals surface area contributed by atoms with Crippen LogP contribution in [0.5, 0.6) is 0 Å². The van der Waals surface area contributed by atoms with Crippen molar-refractivity contribution in [3.05, 3.63) is 58.6 Å². The molecule has 0 bridgehead atoms. The molecule has 23 heavy (non-hydrogen) atoms. The van der Waals surface area contributed by atoms with E-state index in [-0.39, 0.29) is 5.92 Å². The molecule has 5 heteroatoms. The van der Waals surface area contributed by atoms with Crippen LogP contribution in [0.25, 0.3) is 0 Å². The summed E-state index contributed by atoms with van der Waals surface area (Å²) in [6.07, 6.45) is 0. The molecule has 4 nitrogen and oxygen atoms in total. The lowest BCUT2D eigenvalue weighted by molar-refractivity contribution is -0.133. The first-order valence-electron chi connectivity index (χ1n) is 7.36. The van der Waals surface area contributed by atoms with E-state index in [2.05, 4.69) is 10.6 Å². The minimum absolute atomic E-state index is 0.241. The summed E-state index contributed by atoms with van der Waals surface area (Å²) in [4.78, 5) is 24.1. The van der Waals surface area contributed by atoms with Crippen LogP contribution in [-0.4, -0.2) is 11.8 Å². The van der Waals surface area contributed by atoms with E-state index in [0.717, 1.165) is 11.1 Å². The van der Waals surface area contributed by atoms with Crippen molar-refractivity contribution in [1.29, 1.82) is 0 Å². The monoisotopic (exact) mass is 330 g/mol. The van der Waals surface area contributed by atoms with Gasteiger partial charge in [-0.1, -0.05) is 49.7 Å². The van der Waals surface area contributed by atoms with E-state index in [1.165, 1.54) is 0 Å². The molecule has 0 saturated carbocycles. The van der Waals surface area contributed by atoms with Crippen molar-refractivity contribution in [2.75, 3.05) is 10.6 Å². The molecule has 2 N–H and O–H groups in total. The maximum atomic E-state index is 12.1. The molecule has 2 aromatic carbocycles. The fourth-order valence-corrected chi connectivity index (χ4v) is 2.33. The second-order valence-electron chi connectivity index (χ2n) is 5.61. The van der Waals surface area contributed by atoms with Gasteiger partial charge in [-0.2, -0.15) is 0 Å². The summed E-state index contributed by atoms with van der Waals surface area (Å²) in [6, 6.07) is 12.5. The number of carbonyl (C=O) groups excluding carboxylic acids is 2. The van der Waals surface area contributed by atoms with Gasteiger partial charge >= 0.3 is 11.8 Å². The van der Waals surface area contributed by atoms with Crippen molar-refractivity contribution in [3.8, 4) is 0 Å². The number of halogens is 1. The Morgan fingerprint density at radius 3 is 2.30 bits per heavy atom. The number of nitrogens with one attached hydrogen (secondary N) is 2. The maximum Gasteiger partial charge on any atom is 0.314 e. The molecule has 0 fully saturated rings. The standard InChI is InChI=1S/C18H19ClN2O2/c1-11(2)14-6-4-5-7-16(14)21-18(23)17(22)20-13-9-8-12(3)15(19)10-13/h4-11H,1-3H3,(H,20,22)(H,21,23). The van der Waals surface area contributed by atoms with Crippen molar-refractivity contribution in [2.24, 2.45) is 0 Å². The van der Waals surface area contributed by atoms with Gasteiger partial charge < -0.3 is 10.6 Å². The number of rotatable bonds is 3. The quantitative estimate of drug-likeness (QED) is 0.822. The molecule has 0 radical (unpaired) electrons. The third kappa shape index (κ3) is 4.33. The first-order valence-corrected chi connectivity index (χ1v) is 7.73. The molecule has 0 aliphatic rings. The first-order chi connectivity index (χ1) is 10.9. The predicted octanol–water partition coefficient (Wildman–Crippen LogP) is 4.35. The summed E-state index contributed by atoms with van der Waals surface area (Å²) < 4.78 is 0. The van der Waals surface area contributed by atoms with Gasteiger partial charge in [-0.3, -0.25) is 9.59 Å². The Balaban J connectivity index is 2.09. The van der Waals surface area contributed by atoms with Crippen LogP contribution in [0.2, 0.25) is 5.02 Å². The lowest BCUT2D eigenvalue weighted by Crippen LogP contribution is -2.29. The highest BCUT2D eigenvalue weighted by Gasteiger charge is 2.16. The van der Waals surface area contributed by atoms with Gasteiger partial charge in [-0.25, -0.2) is 0 Å². The molecule has 0 aliphatic heterocycles. The third-order valence-corrected chi connectivity index (χ3v) is 3.87. The summed E-state index contributed by atoms with van der Waals surface area (Å²) in [6.45, 7) is 5.92. The topological polar surface area (TPSA) is 58.2 Å². The Morgan fingerprint density at radius 2 is 1.65 bits per heavy atom. The Kier molecular flexibility index (Phi) is 5.40. The van der Waals surface area contributed by atoms with Gasteiger partial charge in [0.25, 0.3) is 0 Å². The SMILES string of the molecule is Cc1ccc(NC(=O)C(=O)Nc2ccccc2C(C)C)cc1Cl. The maximum absolute atomic E-state index is 12.1. The molecule has 0 atom stereocenters. The van der Waals surface area contributed by atoms with E-state index < -0.39 is 11.8 Å². The number of carbonyl (C=O) groups is 2. The molecule has 2 amide bonds. The van der Waals surface area contributed by atoms with Gasteiger partial charge in [-0.05, 0) is 42.2 Å². The normalized spacial score (nSPS) is 10.5. The number of amides is 2. The summed E-state index contributed by atoms with van der Waals surface area (Å²) in [7, 11) is 0. The van der Waals surface area contributed by atoms with Crippen LogP contribution in [0.4, 0.5) is 11.4 Å². The number of hydrogen-bond donors (Lipinski definition) is 2. The lowest BCUT2D eigenvalue weighted by atomic mass is 10.0. The zero-order valence-electron chi connectivity index (χ0n) is 13.3. The van der Waals surface area contributed by atoms with Crippen molar-refractivity contribution >= 4 is 34.8 Å². The Morgan fingerprint density at radius 1 is 1.00 bits per heavy atom. The van der Waals surface area contributed by atoms with E-state index in [9.17, 15) is 9.59 Å². The number of anilines is 2. The van der Waals surface area contributed by atoms with Crippen LogP contribution < -0.4 is 10.6 Å². The summed E-state index contributed by atoms with van der Waals surface area (Å²) >= 11 is 6.01. The van der Waals surface area contributed by atoms with Gasteiger partial charge in [0.1, 0.15) is 0 Å². The highest BCUT2D eigenvalue weighted by Crippen LogP contribution is 2.24. The smallest absolute Gasteiger partial charge is 0.314 e. The van der Waals surface area contributed by atoms with Gasteiger partial charge in [0.15, 0.2) is 0 Å². The van der Waals surface area contributed by atoms with Crippen LogP contribution >= 0.6 is 11.6 Å². The predicted molar refractivity (Wildman–Crippen MR) is 94.0 cm³/mol. The van der Waals surface area contributed by atoms with Gasteiger partial charge in [-0.15, -0.1) is 0 Å². The number of aryl methyl sites for hydroxylation is 1. The van der Waals surface area contributed by atoms with Crippen LogP contribution in [0.1, 0.15) is 30.9 Å². The average Bonchev–Trinajstić information content (AvgIpc) is 2.51. The largest absolute Gasteiger partial charge is 0.318 e. The van der Waals surface area contributed by atoms with E-state index in [4.69, 9.17) is 11.6 Å². The first kappa shape index (κ1) is 17.0. The van der Waals surface area contributed by atoms with Crippen molar-refractivity contribution in [2.45, 2.75) is 26.7 Å². The Labute approximate surface area is 140 Å². The highest BCUT2D eigenvalue weighted by atomic mass is 35.5. The van der Waals surface area contributed by atoms with Gasteiger partial charge in [0.05, 0.1) is 0 Å². The minimum Gasteiger partial charge on any atom is -0.318 e. The fourth-order valence-electron chi connectivity index (χ4n) is 2.15. The van der Waals surface area contributed by atoms with Crippen LogP contribution in [-0.2, 0) is 9.59 Å². The second-order valence-corrected chi connectivity index (χ2v) is 6.02. The number of benzene rings is 2. The van der Waals surface area contributed by atoms with Crippen molar-refractivity contribution in [3.63, 3.8) is 0 Å². The number of para-hydroxylation sites is 1. The fraction of sp³-hybridized carbons (Fsp3) is 0.222. The van der Waals surface area contributed by atoms with Crippen molar-refractivity contribution < 1.29 is 9.59 Å². The molecule has 0 unspecified atom stereocenters. The second kappa shape index (κ2) is 7.29. The molecule has 0 heterocycles. The molecule has 0 aromatic heterocycles. The molecule has 0 saturated heterocycles. The molecular formula is C18H19ClN2O2.